The van der Waals surface area contributed by atoms with E-state index in [2.05, 4.69) is 20.4 Å². The summed E-state index contributed by atoms with van der Waals surface area (Å²) in [6.07, 6.45) is 4.30. The number of nitrogens with zero attached hydrogens (tertiary/aromatic N) is 4. The first kappa shape index (κ1) is 14.8. The fourth-order valence-electron chi connectivity index (χ4n) is 2.52. The second-order valence-electron chi connectivity index (χ2n) is 5.21. The van der Waals surface area contributed by atoms with E-state index in [-0.39, 0.29) is 5.82 Å². The van der Waals surface area contributed by atoms with E-state index in [0.29, 0.717) is 23.4 Å². The number of rotatable bonds is 5. The normalized spacial score (nSPS) is 11.0. The highest BCUT2D eigenvalue weighted by molar-refractivity contribution is 7.09. The van der Waals surface area contributed by atoms with E-state index >= 15 is 0 Å². The van der Waals surface area contributed by atoms with Crippen LogP contribution in [0.5, 0.6) is 0 Å². The molecule has 0 atom stereocenters. The molecule has 0 amide bonds. The molecule has 0 aliphatic carbocycles. The third-order valence-corrected chi connectivity index (χ3v) is 4.48. The molecule has 4 rings (SSSR count). The number of aromatic nitrogens is 4. The zero-order valence-electron chi connectivity index (χ0n) is 12.7. The molecule has 0 saturated heterocycles. The number of hydrogen-bond acceptors (Lipinski definition) is 5. The molecule has 3 aromatic heterocycles. The van der Waals surface area contributed by atoms with Crippen LogP contribution in [0.3, 0.4) is 0 Å². The van der Waals surface area contributed by atoms with E-state index in [1.807, 2.05) is 11.4 Å². The summed E-state index contributed by atoms with van der Waals surface area (Å²) in [6, 6.07) is 10.3. The van der Waals surface area contributed by atoms with Crippen molar-refractivity contribution in [2.24, 2.45) is 0 Å². The topological polar surface area (TPSA) is 55.1 Å². The van der Waals surface area contributed by atoms with Gasteiger partial charge in [-0.15, -0.1) is 11.3 Å². The average Bonchev–Trinajstić information content (AvgIpc) is 3.26. The van der Waals surface area contributed by atoms with Crippen molar-refractivity contribution in [1.29, 1.82) is 0 Å². The summed E-state index contributed by atoms with van der Waals surface area (Å²) in [6.45, 7) is 0.712. The van der Waals surface area contributed by atoms with Gasteiger partial charge in [0.2, 0.25) is 0 Å². The van der Waals surface area contributed by atoms with Gasteiger partial charge in [0.25, 0.3) is 0 Å². The van der Waals surface area contributed by atoms with E-state index in [0.717, 1.165) is 17.2 Å². The van der Waals surface area contributed by atoms with Crippen LogP contribution in [-0.4, -0.2) is 26.1 Å². The van der Waals surface area contributed by atoms with E-state index in [1.54, 1.807) is 52.5 Å². The van der Waals surface area contributed by atoms with E-state index < -0.39 is 0 Å². The summed E-state index contributed by atoms with van der Waals surface area (Å²) in [5, 5.41) is 10.7. The SMILES string of the molecule is Fc1ccccc1-c1cc(NCCc2nccs2)n2nccc2n1. The molecule has 0 saturated carbocycles. The molecule has 24 heavy (non-hydrogen) atoms. The summed E-state index contributed by atoms with van der Waals surface area (Å²) in [7, 11) is 0. The van der Waals surface area contributed by atoms with E-state index in [1.165, 1.54) is 6.07 Å². The lowest BCUT2D eigenvalue weighted by Gasteiger charge is -2.10. The third-order valence-electron chi connectivity index (χ3n) is 3.64. The Bertz CT molecular complexity index is 964. The molecule has 5 nitrogen and oxygen atoms in total. The quantitative estimate of drug-likeness (QED) is 0.603. The smallest absolute Gasteiger partial charge is 0.157 e. The van der Waals surface area contributed by atoms with Crippen molar-refractivity contribution in [3.63, 3.8) is 0 Å². The van der Waals surface area contributed by atoms with Crippen molar-refractivity contribution in [2.45, 2.75) is 6.42 Å². The maximum Gasteiger partial charge on any atom is 0.157 e. The van der Waals surface area contributed by atoms with Crippen LogP contribution in [0.15, 0.2) is 54.2 Å². The highest BCUT2D eigenvalue weighted by atomic mass is 32.1. The first-order valence-electron chi connectivity index (χ1n) is 7.53. The number of hydrogen-bond donors (Lipinski definition) is 1. The van der Waals surface area contributed by atoms with Crippen LogP contribution in [-0.2, 0) is 6.42 Å². The number of anilines is 1. The minimum absolute atomic E-state index is 0.289. The Balaban J connectivity index is 1.66. The van der Waals surface area contributed by atoms with Crippen LogP contribution < -0.4 is 5.32 Å². The maximum absolute atomic E-state index is 14.1. The maximum atomic E-state index is 14.1. The molecule has 7 heteroatoms. The number of halogens is 1. The zero-order chi connectivity index (χ0) is 16.4. The number of benzene rings is 1. The molecular formula is C17H14FN5S. The molecule has 0 spiro atoms. The lowest BCUT2D eigenvalue weighted by Crippen LogP contribution is -2.10. The van der Waals surface area contributed by atoms with Gasteiger partial charge in [-0.2, -0.15) is 9.61 Å². The van der Waals surface area contributed by atoms with Crippen LogP contribution >= 0.6 is 11.3 Å². The van der Waals surface area contributed by atoms with E-state index in [9.17, 15) is 4.39 Å². The molecule has 0 unspecified atom stereocenters. The van der Waals surface area contributed by atoms with Crippen LogP contribution in [0.1, 0.15) is 5.01 Å². The Morgan fingerprint density at radius 1 is 1.17 bits per heavy atom. The Kier molecular flexibility index (Phi) is 3.92. The Morgan fingerprint density at radius 3 is 2.92 bits per heavy atom. The molecule has 1 aromatic carbocycles. The summed E-state index contributed by atoms with van der Waals surface area (Å²) < 4.78 is 15.8. The van der Waals surface area contributed by atoms with Crippen molar-refractivity contribution >= 4 is 22.8 Å². The highest BCUT2D eigenvalue weighted by Gasteiger charge is 2.11. The third kappa shape index (κ3) is 2.85. The van der Waals surface area contributed by atoms with Gasteiger partial charge >= 0.3 is 0 Å². The molecular weight excluding hydrogens is 325 g/mol. The minimum Gasteiger partial charge on any atom is -0.369 e. The van der Waals surface area contributed by atoms with Crippen molar-refractivity contribution in [2.75, 3.05) is 11.9 Å². The predicted molar refractivity (Wildman–Crippen MR) is 92.7 cm³/mol. The van der Waals surface area contributed by atoms with Gasteiger partial charge in [0.15, 0.2) is 5.65 Å². The minimum atomic E-state index is -0.289. The van der Waals surface area contributed by atoms with Crippen molar-refractivity contribution in [3.8, 4) is 11.3 Å². The summed E-state index contributed by atoms with van der Waals surface area (Å²) in [5.74, 6) is 0.488. The Hall–Kier alpha value is -2.80. The molecule has 1 N–H and O–H groups in total. The second-order valence-corrected chi connectivity index (χ2v) is 6.19. The van der Waals surface area contributed by atoms with Crippen molar-refractivity contribution in [3.05, 3.63) is 65.0 Å². The van der Waals surface area contributed by atoms with Crippen molar-refractivity contribution in [1.82, 2.24) is 19.6 Å². The van der Waals surface area contributed by atoms with Crippen LogP contribution in [0.25, 0.3) is 16.9 Å². The standard InChI is InChI=1S/C17H14FN5S/c18-13-4-2-1-3-12(13)14-11-16(23-15(22-14)5-8-21-23)19-7-6-17-20-9-10-24-17/h1-5,8-11,19H,6-7H2. The van der Waals surface area contributed by atoms with Crippen LogP contribution in [0.2, 0.25) is 0 Å². The number of thiazole rings is 1. The lowest BCUT2D eigenvalue weighted by atomic mass is 10.1. The first-order chi connectivity index (χ1) is 11.8. The Labute approximate surface area is 141 Å². The van der Waals surface area contributed by atoms with E-state index in [4.69, 9.17) is 0 Å². The molecule has 0 aliphatic heterocycles. The lowest BCUT2D eigenvalue weighted by molar-refractivity contribution is 0.630. The van der Waals surface area contributed by atoms with Crippen LogP contribution in [0, 0.1) is 5.82 Å². The summed E-state index contributed by atoms with van der Waals surface area (Å²) >= 11 is 1.63. The zero-order valence-corrected chi connectivity index (χ0v) is 13.5. The predicted octanol–water partition coefficient (Wildman–Crippen LogP) is 3.65. The number of fused-ring (bicyclic) bond motifs is 1. The molecule has 120 valence electrons. The fraction of sp³-hybridized carbons (Fsp3) is 0.118. The largest absolute Gasteiger partial charge is 0.369 e. The first-order valence-corrected chi connectivity index (χ1v) is 8.41. The highest BCUT2D eigenvalue weighted by Crippen LogP contribution is 2.24. The van der Waals surface area contributed by atoms with Gasteiger partial charge in [-0.1, -0.05) is 12.1 Å². The molecule has 0 aliphatic rings. The van der Waals surface area contributed by atoms with Gasteiger partial charge in [0.1, 0.15) is 11.6 Å². The molecule has 0 radical (unpaired) electrons. The fourth-order valence-corrected chi connectivity index (χ4v) is 3.14. The second kappa shape index (κ2) is 6.37. The monoisotopic (exact) mass is 339 g/mol. The van der Waals surface area contributed by atoms with Crippen LogP contribution in [0.4, 0.5) is 10.2 Å². The molecule has 0 fully saturated rings. The average molecular weight is 339 g/mol. The molecule has 3 heterocycles. The summed E-state index contributed by atoms with van der Waals surface area (Å²) in [4.78, 5) is 8.77. The molecule has 0 bridgehead atoms. The van der Waals surface area contributed by atoms with Gasteiger partial charge in [0, 0.05) is 42.2 Å². The Morgan fingerprint density at radius 2 is 2.08 bits per heavy atom. The molecule has 4 aromatic rings. The van der Waals surface area contributed by atoms with Gasteiger partial charge in [-0.3, -0.25) is 0 Å². The van der Waals surface area contributed by atoms with Gasteiger partial charge in [-0.05, 0) is 12.1 Å². The van der Waals surface area contributed by atoms with Gasteiger partial charge in [-0.25, -0.2) is 14.4 Å². The van der Waals surface area contributed by atoms with Gasteiger partial charge < -0.3 is 5.32 Å². The van der Waals surface area contributed by atoms with Crippen molar-refractivity contribution < 1.29 is 4.39 Å². The van der Waals surface area contributed by atoms with Gasteiger partial charge in [0.05, 0.1) is 16.9 Å². The number of nitrogens with one attached hydrogen (secondary N) is 1. The summed E-state index contributed by atoms with van der Waals surface area (Å²) in [5.41, 5.74) is 1.73.